The lowest BCUT2D eigenvalue weighted by atomic mass is 9.50. The Morgan fingerprint density at radius 1 is 1.11 bits per heavy atom. The monoisotopic (exact) mass is 396 g/mol. The number of esters is 1. The molecule has 1 saturated heterocycles. The molecule has 5 atom stereocenters. The third-order valence-electron chi connectivity index (χ3n) is 9.00. The van der Waals surface area contributed by atoms with Crippen molar-refractivity contribution in [2.45, 2.75) is 103 Å². The summed E-state index contributed by atoms with van der Waals surface area (Å²) in [4.78, 5) is 12.5. The smallest absolute Gasteiger partial charge is 0.309 e. The fourth-order valence-electron chi connectivity index (χ4n) is 6.02. The van der Waals surface area contributed by atoms with Crippen molar-refractivity contribution >= 4 is 14.3 Å². The van der Waals surface area contributed by atoms with E-state index >= 15 is 0 Å². The highest BCUT2D eigenvalue weighted by atomic mass is 28.4. The first-order chi connectivity index (χ1) is 12.2. The molecule has 3 fully saturated rings. The van der Waals surface area contributed by atoms with E-state index in [9.17, 15) is 9.90 Å². The summed E-state index contributed by atoms with van der Waals surface area (Å²) in [6, 6.07) is 0. The molecule has 1 heterocycles. The van der Waals surface area contributed by atoms with Crippen molar-refractivity contribution in [1.29, 1.82) is 0 Å². The second kappa shape index (κ2) is 6.30. The summed E-state index contributed by atoms with van der Waals surface area (Å²) in [5, 5.41) is 12.2. The molecule has 0 bridgehead atoms. The van der Waals surface area contributed by atoms with E-state index in [0.29, 0.717) is 6.61 Å². The Hall–Kier alpha value is -0.393. The maximum atomic E-state index is 12.5. The van der Waals surface area contributed by atoms with Crippen LogP contribution in [0.1, 0.15) is 73.6 Å². The number of aliphatic hydroxyl groups is 1. The topological polar surface area (TPSA) is 55.8 Å². The zero-order valence-corrected chi connectivity index (χ0v) is 19.6. The quantitative estimate of drug-likeness (QED) is 0.544. The maximum absolute atomic E-state index is 12.5. The normalized spacial score (nSPS) is 42.1. The molecule has 156 valence electrons. The third-order valence-corrected chi connectivity index (χ3v) is 13.5. The molecule has 4 nitrogen and oxygen atoms in total. The van der Waals surface area contributed by atoms with Crippen molar-refractivity contribution in [1.82, 2.24) is 0 Å². The van der Waals surface area contributed by atoms with Gasteiger partial charge in [-0.2, -0.15) is 0 Å². The van der Waals surface area contributed by atoms with Gasteiger partial charge in [0.05, 0.1) is 24.2 Å². The average molecular weight is 397 g/mol. The van der Waals surface area contributed by atoms with Gasteiger partial charge in [-0.25, -0.2) is 0 Å². The molecule has 0 aromatic heterocycles. The Kier molecular flexibility index (Phi) is 4.97. The first-order valence-corrected chi connectivity index (χ1v) is 13.6. The van der Waals surface area contributed by atoms with E-state index < -0.39 is 19.3 Å². The van der Waals surface area contributed by atoms with Crippen LogP contribution in [0.15, 0.2) is 0 Å². The Bertz CT molecular complexity index is 608. The van der Waals surface area contributed by atoms with Gasteiger partial charge in [0.2, 0.25) is 0 Å². The van der Waals surface area contributed by atoms with Gasteiger partial charge in [0, 0.05) is 5.41 Å². The van der Waals surface area contributed by atoms with Crippen LogP contribution in [-0.4, -0.2) is 37.7 Å². The Morgan fingerprint density at radius 2 is 1.74 bits per heavy atom. The van der Waals surface area contributed by atoms with Crippen LogP contribution in [0, 0.1) is 22.7 Å². The van der Waals surface area contributed by atoms with E-state index in [1.807, 2.05) is 0 Å². The molecule has 3 aliphatic rings. The Balaban J connectivity index is 2.03. The van der Waals surface area contributed by atoms with Gasteiger partial charge >= 0.3 is 5.97 Å². The molecule has 0 amide bonds. The molecule has 0 radical (unpaired) electrons. The van der Waals surface area contributed by atoms with Crippen LogP contribution in [0.2, 0.25) is 18.1 Å². The standard InChI is InChI=1S/C22H40O4Si/c1-19(2,3)27(7,8)26-17-10-12-20(4,5)22(24)13-9-16(21(17,22)6)15-11-14-25-18(15)23/h15-17,24H,9-14H2,1-8H3/t15?,16-,17+,21+,22+/m0/s1. The van der Waals surface area contributed by atoms with E-state index in [-0.39, 0.29) is 34.4 Å². The molecule has 27 heavy (non-hydrogen) atoms. The summed E-state index contributed by atoms with van der Waals surface area (Å²) in [7, 11) is -1.99. The second-order valence-corrected chi connectivity index (χ2v) is 16.4. The zero-order chi connectivity index (χ0) is 20.5. The SMILES string of the molecule is CC1(C)CC[C@@H](O[Si](C)(C)C(C)(C)C)[C@@]2(C)[C@H](C3CCOC3=O)CC[C@@]12O. The second-order valence-electron chi connectivity index (χ2n) is 11.6. The minimum absolute atomic E-state index is 0.00248. The lowest BCUT2D eigenvalue weighted by Gasteiger charge is -2.61. The number of fused-ring (bicyclic) bond motifs is 1. The number of hydrogen-bond acceptors (Lipinski definition) is 4. The summed E-state index contributed by atoms with van der Waals surface area (Å²) < 4.78 is 12.3. The summed E-state index contributed by atoms with van der Waals surface area (Å²) in [6.45, 7) is 18.5. The molecule has 0 aromatic carbocycles. The molecule has 1 N–H and O–H groups in total. The Morgan fingerprint density at radius 3 is 2.26 bits per heavy atom. The fourth-order valence-corrected chi connectivity index (χ4v) is 7.45. The van der Waals surface area contributed by atoms with Crippen LogP contribution < -0.4 is 0 Å². The van der Waals surface area contributed by atoms with Gasteiger partial charge in [-0.3, -0.25) is 4.79 Å². The first kappa shape index (κ1) is 21.3. The van der Waals surface area contributed by atoms with E-state index in [2.05, 4.69) is 54.6 Å². The van der Waals surface area contributed by atoms with Crippen molar-refractivity contribution in [3.05, 3.63) is 0 Å². The maximum Gasteiger partial charge on any atom is 0.309 e. The van der Waals surface area contributed by atoms with Crippen LogP contribution in [0.4, 0.5) is 0 Å². The number of cyclic esters (lactones) is 1. The van der Waals surface area contributed by atoms with Crippen molar-refractivity contribution in [3.63, 3.8) is 0 Å². The first-order valence-electron chi connectivity index (χ1n) is 10.7. The van der Waals surface area contributed by atoms with Crippen LogP contribution in [0.3, 0.4) is 0 Å². The molecule has 5 heteroatoms. The van der Waals surface area contributed by atoms with E-state index in [4.69, 9.17) is 9.16 Å². The molecule has 1 aliphatic heterocycles. The summed E-state index contributed by atoms with van der Waals surface area (Å²) in [5.41, 5.74) is -1.40. The fraction of sp³-hybridized carbons (Fsp3) is 0.955. The summed E-state index contributed by atoms with van der Waals surface area (Å²) >= 11 is 0. The Labute approximate surface area is 166 Å². The highest BCUT2D eigenvalue weighted by molar-refractivity contribution is 6.74. The zero-order valence-electron chi connectivity index (χ0n) is 18.6. The number of rotatable bonds is 3. The molecule has 1 unspecified atom stereocenters. The largest absolute Gasteiger partial charge is 0.465 e. The number of carbonyl (C=O) groups excluding carboxylic acids is 1. The highest BCUT2D eigenvalue weighted by Crippen LogP contribution is 2.67. The molecular formula is C22H40O4Si. The van der Waals surface area contributed by atoms with Crippen molar-refractivity contribution in [2.75, 3.05) is 6.61 Å². The van der Waals surface area contributed by atoms with Crippen molar-refractivity contribution in [2.24, 2.45) is 22.7 Å². The van der Waals surface area contributed by atoms with Gasteiger partial charge in [-0.1, -0.05) is 41.5 Å². The predicted molar refractivity (Wildman–Crippen MR) is 110 cm³/mol. The lowest BCUT2D eigenvalue weighted by molar-refractivity contribution is -0.221. The number of ether oxygens (including phenoxy) is 1. The van der Waals surface area contributed by atoms with E-state index in [1.165, 1.54) is 0 Å². The van der Waals surface area contributed by atoms with Gasteiger partial charge in [0.15, 0.2) is 8.32 Å². The van der Waals surface area contributed by atoms with E-state index in [1.54, 1.807) is 0 Å². The van der Waals surface area contributed by atoms with Crippen LogP contribution >= 0.6 is 0 Å². The number of hydrogen-bond donors (Lipinski definition) is 1. The highest BCUT2D eigenvalue weighted by Gasteiger charge is 2.70. The van der Waals surface area contributed by atoms with Gasteiger partial charge in [-0.05, 0) is 61.6 Å². The van der Waals surface area contributed by atoms with Crippen LogP contribution in [0.5, 0.6) is 0 Å². The molecule has 3 rings (SSSR count). The predicted octanol–water partition coefficient (Wildman–Crippen LogP) is 4.91. The molecule has 2 saturated carbocycles. The molecule has 0 aromatic rings. The lowest BCUT2D eigenvalue weighted by Crippen LogP contribution is -2.66. The molecule has 2 aliphatic carbocycles. The molecular weight excluding hydrogens is 356 g/mol. The molecule has 0 spiro atoms. The van der Waals surface area contributed by atoms with Gasteiger partial charge in [-0.15, -0.1) is 0 Å². The minimum Gasteiger partial charge on any atom is -0.465 e. The third kappa shape index (κ3) is 2.95. The average Bonchev–Trinajstić information content (AvgIpc) is 3.05. The van der Waals surface area contributed by atoms with Gasteiger partial charge in [0.25, 0.3) is 0 Å². The minimum atomic E-state index is -1.99. The summed E-state index contributed by atoms with van der Waals surface area (Å²) in [6.07, 6.45) is 4.33. The van der Waals surface area contributed by atoms with E-state index in [0.717, 1.165) is 32.1 Å². The van der Waals surface area contributed by atoms with Gasteiger partial charge < -0.3 is 14.3 Å². The van der Waals surface area contributed by atoms with Gasteiger partial charge in [0.1, 0.15) is 0 Å². The van der Waals surface area contributed by atoms with Crippen molar-refractivity contribution < 1.29 is 19.1 Å². The van der Waals surface area contributed by atoms with Crippen LogP contribution in [0.25, 0.3) is 0 Å². The number of carbonyl (C=O) groups is 1. The summed E-state index contributed by atoms with van der Waals surface area (Å²) in [5.74, 6) is -0.0322. The van der Waals surface area contributed by atoms with Crippen LogP contribution in [-0.2, 0) is 14.0 Å². The van der Waals surface area contributed by atoms with Crippen molar-refractivity contribution in [3.8, 4) is 0 Å².